The van der Waals surface area contributed by atoms with E-state index in [1.807, 2.05) is 30.3 Å². The molecule has 0 unspecified atom stereocenters. The number of carbonyl (C=O) groups excluding carboxylic acids is 1. The average molecular weight is 255 g/mol. The van der Waals surface area contributed by atoms with Crippen LogP contribution >= 0.6 is 0 Å². The second-order valence-corrected chi connectivity index (χ2v) is 4.08. The van der Waals surface area contributed by atoms with Crippen molar-refractivity contribution >= 4 is 17.6 Å². The first-order chi connectivity index (χ1) is 9.09. The molecule has 0 fully saturated rings. The molecule has 0 aliphatic heterocycles. The van der Waals surface area contributed by atoms with E-state index < -0.39 is 5.97 Å². The van der Waals surface area contributed by atoms with Crippen molar-refractivity contribution in [1.82, 2.24) is 0 Å². The maximum absolute atomic E-state index is 12.2. The summed E-state index contributed by atoms with van der Waals surface area (Å²) in [6, 6.07) is 15.1. The minimum atomic E-state index is -1.00. The van der Waals surface area contributed by atoms with Gasteiger partial charge in [0.25, 0.3) is 5.91 Å². The van der Waals surface area contributed by atoms with Crippen molar-refractivity contribution in [1.29, 1.82) is 0 Å². The summed E-state index contributed by atoms with van der Waals surface area (Å²) in [5.74, 6) is -1.18. The van der Waals surface area contributed by atoms with E-state index in [1.165, 1.54) is 29.2 Å². The van der Waals surface area contributed by atoms with E-state index in [9.17, 15) is 9.59 Å². The number of aromatic carboxylic acids is 1. The normalized spacial score (nSPS) is 9.95. The Labute approximate surface area is 110 Å². The minimum absolute atomic E-state index is 0.166. The first kappa shape index (κ1) is 12.8. The topological polar surface area (TPSA) is 57.6 Å². The molecule has 2 aromatic carbocycles. The van der Waals surface area contributed by atoms with E-state index in [0.29, 0.717) is 5.56 Å². The van der Waals surface area contributed by atoms with Crippen LogP contribution in [-0.4, -0.2) is 24.0 Å². The highest BCUT2D eigenvalue weighted by Crippen LogP contribution is 2.15. The molecule has 0 spiro atoms. The minimum Gasteiger partial charge on any atom is -0.478 e. The lowest BCUT2D eigenvalue weighted by Crippen LogP contribution is -2.26. The highest BCUT2D eigenvalue weighted by atomic mass is 16.4. The van der Waals surface area contributed by atoms with Crippen molar-refractivity contribution in [2.24, 2.45) is 0 Å². The Balaban J connectivity index is 2.22. The molecule has 0 aromatic heterocycles. The van der Waals surface area contributed by atoms with Crippen molar-refractivity contribution in [3.05, 3.63) is 65.7 Å². The Morgan fingerprint density at radius 2 is 1.42 bits per heavy atom. The van der Waals surface area contributed by atoms with Crippen LogP contribution in [0.2, 0.25) is 0 Å². The number of para-hydroxylation sites is 1. The molecule has 0 aliphatic rings. The van der Waals surface area contributed by atoms with Gasteiger partial charge in [-0.05, 0) is 36.4 Å². The number of carboxylic acid groups (broad SMARTS) is 1. The zero-order valence-corrected chi connectivity index (χ0v) is 10.4. The van der Waals surface area contributed by atoms with Gasteiger partial charge >= 0.3 is 5.97 Å². The third-order valence-corrected chi connectivity index (χ3v) is 2.83. The molecular weight excluding hydrogens is 242 g/mol. The van der Waals surface area contributed by atoms with E-state index in [4.69, 9.17) is 5.11 Å². The van der Waals surface area contributed by atoms with E-state index in [2.05, 4.69) is 0 Å². The first-order valence-electron chi connectivity index (χ1n) is 5.76. The molecule has 2 rings (SSSR count). The molecule has 1 amide bonds. The van der Waals surface area contributed by atoms with Crippen LogP contribution in [0.3, 0.4) is 0 Å². The zero-order chi connectivity index (χ0) is 13.8. The summed E-state index contributed by atoms with van der Waals surface area (Å²) in [5, 5.41) is 8.81. The van der Waals surface area contributed by atoms with Gasteiger partial charge in [0, 0.05) is 18.3 Å². The lowest BCUT2D eigenvalue weighted by atomic mass is 10.1. The summed E-state index contributed by atoms with van der Waals surface area (Å²) in [7, 11) is 1.68. The Bertz CT molecular complexity index is 591. The molecule has 0 atom stereocenters. The second kappa shape index (κ2) is 5.35. The summed E-state index contributed by atoms with van der Waals surface area (Å²) in [4.78, 5) is 24.5. The van der Waals surface area contributed by atoms with Gasteiger partial charge in [-0.1, -0.05) is 18.2 Å². The number of hydrogen-bond donors (Lipinski definition) is 1. The summed E-state index contributed by atoms with van der Waals surface area (Å²) in [5.41, 5.74) is 1.41. The van der Waals surface area contributed by atoms with Crippen molar-refractivity contribution in [3.8, 4) is 0 Å². The number of carbonyl (C=O) groups is 2. The molecule has 4 nitrogen and oxygen atoms in total. The molecule has 0 saturated carbocycles. The van der Waals surface area contributed by atoms with Gasteiger partial charge in [-0.3, -0.25) is 4.79 Å². The van der Waals surface area contributed by atoms with Gasteiger partial charge in [-0.25, -0.2) is 4.79 Å². The number of nitrogens with zero attached hydrogens (tertiary/aromatic N) is 1. The fourth-order valence-corrected chi connectivity index (χ4v) is 1.72. The molecule has 0 radical (unpaired) electrons. The van der Waals surface area contributed by atoms with Crippen LogP contribution < -0.4 is 4.90 Å². The highest BCUT2D eigenvalue weighted by Gasteiger charge is 2.13. The number of hydrogen-bond acceptors (Lipinski definition) is 2. The standard InChI is InChI=1S/C15H13NO3/c1-16(13-5-3-2-4-6-13)14(17)11-7-9-12(10-8-11)15(18)19/h2-10H,1H3,(H,18,19). The van der Waals surface area contributed by atoms with E-state index >= 15 is 0 Å². The van der Waals surface area contributed by atoms with Crippen molar-refractivity contribution in [2.75, 3.05) is 11.9 Å². The predicted octanol–water partition coefficient (Wildman–Crippen LogP) is 2.66. The van der Waals surface area contributed by atoms with Crippen LogP contribution in [0.4, 0.5) is 5.69 Å². The number of benzene rings is 2. The first-order valence-corrected chi connectivity index (χ1v) is 5.76. The number of amides is 1. The molecule has 1 N–H and O–H groups in total. The van der Waals surface area contributed by atoms with Gasteiger partial charge in [-0.15, -0.1) is 0 Å². The van der Waals surface area contributed by atoms with Gasteiger partial charge in [0.1, 0.15) is 0 Å². The number of rotatable bonds is 3. The van der Waals surface area contributed by atoms with E-state index in [-0.39, 0.29) is 11.5 Å². The molecular formula is C15H13NO3. The monoisotopic (exact) mass is 255 g/mol. The molecule has 0 heterocycles. The molecule has 2 aromatic rings. The van der Waals surface area contributed by atoms with Crippen molar-refractivity contribution in [2.45, 2.75) is 0 Å². The third kappa shape index (κ3) is 2.80. The predicted molar refractivity (Wildman–Crippen MR) is 72.6 cm³/mol. The Morgan fingerprint density at radius 3 is 1.95 bits per heavy atom. The van der Waals surface area contributed by atoms with Gasteiger partial charge in [-0.2, -0.15) is 0 Å². The van der Waals surface area contributed by atoms with E-state index in [1.54, 1.807) is 7.05 Å². The lowest BCUT2D eigenvalue weighted by molar-refractivity contribution is 0.0696. The third-order valence-electron chi connectivity index (χ3n) is 2.83. The van der Waals surface area contributed by atoms with Crippen LogP contribution in [0, 0.1) is 0 Å². The van der Waals surface area contributed by atoms with Crippen LogP contribution in [0.1, 0.15) is 20.7 Å². The Hall–Kier alpha value is -2.62. The van der Waals surface area contributed by atoms with Gasteiger partial charge < -0.3 is 10.0 Å². The smallest absolute Gasteiger partial charge is 0.335 e. The summed E-state index contributed by atoms with van der Waals surface area (Å²) in [6.07, 6.45) is 0. The molecule has 4 heteroatoms. The van der Waals surface area contributed by atoms with Gasteiger partial charge in [0.2, 0.25) is 0 Å². The average Bonchev–Trinajstić information content (AvgIpc) is 2.46. The fraction of sp³-hybridized carbons (Fsp3) is 0.0667. The SMILES string of the molecule is CN(C(=O)c1ccc(C(=O)O)cc1)c1ccccc1. The maximum atomic E-state index is 12.2. The summed E-state index contributed by atoms with van der Waals surface area (Å²) in [6.45, 7) is 0. The number of anilines is 1. The molecule has 0 aliphatic carbocycles. The largest absolute Gasteiger partial charge is 0.478 e. The molecule has 19 heavy (non-hydrogen) atoms. The highest BCUT2D eigenvalue weighted by molar-refractivity contribution is 6.06. The number of carboxylic acids is 1. The van der Waals surface area contributed by atoms with Crippen LogP contribution in [-0.2, 0) is 0 Å². The van der Waals surface area contributed by atoms with Crippen LogP contribution in [0.5, 0.6) is 0 Å². The van der Waals surface area contributed by atoms with E-state index in [0.717, 1.165) is 5.69 Å². The van der Waals surface area contributed by atoms with Crippen molar-refractivity contribution in [3.63, 3.8) is 0 Å². The van der Waals surface area contributed by atoms with Crippen LogP contribution in [0.15, 0.2) is 54.6 Å². The summed E-state index contributed by atoms with van der Waals surface area (Å²) >= 11 is 0. The van der Waals surface area contributed by atoms with Gasteiger partial charge in [0.15, 0.2) is 0 Å². The Kier molecular flexibility index (Phi) is 3.61. The Morgan fingerprint density at radius 1 is 0.895 bits per heavy atom. The molecule has 0 bridgehead atoms. The second-order valence-electron chi connectivity index (χ2n) is 4.08. The fourth-order valence-electron chi connectivity index (χ4n) is 1.72. The summed E-state index contributed by atoms with van der Waals surface area (Å²) < 4.78 is 0. The molecule has 0 saturated heterocycles. The lowest BCUT2D eigenvalue weighted by Gasteiger charge is -2.17. The molecule has 96 valence electrons. The van der Waals surface area contributed by atoms with Crippen LogP contribution in [0.25, 0.3) is 0 Å². The quantitative estimate of drug-likeness (QED) is 0.917. The van der Waals surface area contributed by atoms with Gasteiger partial charge in [0.05, 0.1) is 5.56 Å². The van der Waals surface area contributed by atoms with Crippen molar-refractivity contribution < 1.29 is 14.7 Å². The zero-order valence-electron chi connectivity index (χ0n) is 10.4. The maximum Gasteiger partial charge on any atom is 0.335 e.